The van der Waals surface area contributed by atoms with Gasteiger partial charge in [-0.05, 0) is 48.0 Å². The number of pyridine rings is 1. The minimum absolute atomic E-state index is 0.0404. The smallest absolute Gasteiger partial charge is 0.264 e. The van der Waals surface area contributed by atoms with Crippen LogP contribution in [-0.2, 0) is 16.6 Å². The van der Waals surface area contributed by atoms with Crippen molar-refractivity contribution < 1.29 is 8.42 Å². The van der Waals surface area contributed by atoms with E-state index in [1.54, 1.807) is 60.9 Å². The van der Waals surface area contributed by atoms with E-state index >= 15 is 0 Å². The van der Waals surface area contributed by atoms with Gasteiger partial charge < -0.3 is 0 Å². The van der Waals surface area contributed by atoms with Crippen LogP contribution < -0.4 is 4.31 Å². The largest absolute Gasteiger partial charge is 0.265 e. The van der Waals surface area contributed by atoms with Crippen LogP contribution >= 0.6 is 11.6 Å². The standard InChI is InChI=1S/C19H14ClN3O2S/c20-17-7-9-18(10-8-17)23(14-15-4-3-11-22-13-15)26(24,25)19-6-2-1-5-16(19)12-21/h1-11,13H,14H2. The number of sulfonamides is 1. The molecular formula is C19H14ClN3O2S. The highest BCUT2D eigenvalue weighted by atomic mass is 35.5. The van der Waals surface area contributed by atoms with E-state index in [-0.39, 0.29) is 17.0 Å². The van der Waals surface area contributed by atoms with Gasteiger partial charge >= 0.3 is 0 Å². The van der Waals surface area contributed by atoms with Crippen molar-refractivity contribution in [1.29, 1.82) is 5.26 Å². The maximum atomic E-state index is 13.3. The van der Waals surface area contributed by atoms with Gasteiger partial charge in [-0.3, -0.25) is 9.29 Å². The van der Waals surface area contributed by atoms with E-state index in [2.05, 4.69) is 4.98 Å². The normalized spacial score (nSPS) is 10.9. The Hall–Kier alpha value is -2.88. The van der Waals surface area contributed by atoms with Crippen molar-refractivity contribution in [2.75, 3.05) is 4.31 Å². The highest BCUT2D eigenvalue weighted by Crippen LogP contribution is 2.28. The molecule has 0 N–H and O–H groups in total. The summed E-state index contributed by atoms with van der Waals surface area (Å²) in [6.45, 7) is 0.0809. The lowest BCUT2D eigenvalue weighted by atomic mass is 10.2. The summed E-state index contributed by atoms with van der Waals surface area (Å²) in [5.41, 5.74) is 1.27. The van der Waals surface area contributed by atoms with Crippen molar-refractivity contribution in [3.63, 3.8) is 0 Å². The number of rotatable bonds is 5. The Morgan fingerprint density at radius 2 is 1.77 bits per heavy atom. The molecule has 0 atom stereocenters. The maximum Gasteiger partial charge on any atom is 0.265 e. The van der Waals surface area contributed by atoms with Crippen molar-refractivity contribution in [3.8, 4) is 6.07 Å². The second kappa shape index (κ2) is 7.56. The molecule has 0 aliphatic heterocycles. The minimum atomic E-state index is -3.97. The van der Waals surface area contributed by atoms with Crippen LogP contribution in [0.4, 0.5) is 5.69 Å². The second-order valence-corrected chi connectivity index (χ2v) is 7.72. The summed E-state index contributed by atoms with van der Waals surface area (Å²) in [6.07, 6.45) is 3.23. The van der Waals surface area contributed by atoms with Crippen LogP contribution in [0.2, 0.25) is 5.02 Å². The SMILES string of the molecule is N#Cc1ccccc1S(=O)(=O)N(Cc1cccnc1)c1ccc(Cl)cc1. The Labute approximate surface area is 157 Å². The van der Waals surface area contributed by atoms with Crippen molar-refractivity contribution in [1.82, 2.24) is 4.98 Å². The van der Waals surface area contributed by atoms with Gasteiger partial charge in [-0.15, -0.1) is 0 Å². The van der Waals surface area contributed by atoms with Crippen LogP contribution in [0.1, 0.15) is 11.1 Å². The summed E-state index contributed by atoms with van der Waals surface area (Å²) in [4.78, 5) is 4.00. The lowest BCUT2D eigenvalue weighted by molar-refractivity contribution is 0.590. The fourth-order valence-electron chi connectivity index (χ4n) is 2.48. The molecule has 0 aliphatic rings. The van der Waals surface area contributed by atoms with Crippen LogP contribution in [0, 0.1) is 11.3 Å². The zero-order chi connectivity index (χ0) is 18.6. The average Bonchev–Trinajstić information content (AvgIpc) is 2.67. The van der Waals surface area contributed by atoms with Gasteiger partial charge in [0.25, 0.3) is 10.0 Å². The van der Waals surface area contributed by atoms with Crippen LogP contribution in [0.15, 0.2) is 78.0 Å². The zero-order valence-corrected chi connectivity index (χ0v) is 15.2. The summed E-state index contributed by atoms with van der Waals surface area (Å²) in [7, 11) is -3.97. The van der Waals surface area contributed by atoms with Crippen LogP contribution in [-0.4, -0.2) is 13.4 Å². The van der Waals surface area contributed by atoms with Gasteiger partial charge in [-0.25, -0.2) is 8.42 Å². The Kier molecular flexibility index (Phi) is 5.21. The van der Waals surface area contributed by atoms with Gasteiger partial charge in [0.05, 0.1) is 17.8 Å². The van der Waals surface area contributed by atoms with E-state index in [1.165, 1.54) is 16.4 Å². The quantitative estimate of drug-likeness (QED) is 0.667. The molecule has 0 saturated carbocycles. The monoisotopic (exact) mass is 383 g/mol. The third-order valence-electron chi connectivity index (χ3n) is 3.74. The number of hydrogen-bond acceptors (Lipinski definition) is 4. The topological polar surface area (TPSA) is 74.1 Å². The average molecular weight is 384 g/mol. The first-order valence-corrected chi connectivity index (χ1v) is 9.50. The lowest BCUT2D eigenvalue weighted by Crippen LogP contribution is -2.31. The van der Waals surface area contributed by atoms with E-state index in [0.717, 1.165) is 5.56 Å². The third-order valence-corrected chi connectivity index (χ3v) is 5.82. The minimum Gasteiger partial charge on any atom is -0.264 e. The molecule has 0 radical (unpaired) electrons. The molecule has 130 valence electrons. The van der Waals surface area contributed by atoms with E-state index in [0.29, 0.717) is 10.7 Å². The van der Waals surface area contributed by atoms with Crippen molar-refractivity contribution >= 4 is 27.3 Å². The van der Waals surface area contributed by atoms with Crippen LogP contribution in [0.5, 0.6) is 0 Å². The number of anilines is 1. The molecule has 0 bridgehead atoms. The van der Waals surface area contributed by atoms with Gasteiger partial charge in [-0.1, -0.05) is 29.8 Å². The molecule has 3 aromatic rings. The summed E-state index contributed by atoms with van der Waals surface area (Å²) < 4.78 is 27.9. The molecule has 5 nitrogen and oxygen atoms in total. The van der Waals surface area contributed by atoms with E-state index in [1.807, 2.05) is 6.07 Å². The summed E-state index contributed by atoms with van der Waals surface area (Å²) in [6, 6.07) is 18.1. The van der Waals surface area contributed by atoms with Gasteiger partial charge in [-0.2, -0.15) is 5.26 Å². The molecule has 0 saturated heterocycles. The van der Waals surface area contributed by atoms with Crippen molar-refractivity contribution in [2.24, 2.45) is 0 Å². The molecule has 1 heterocycles. The number of hydrogen-bond donors (Lipinski definition) is 0. The number of nitrogens with zero attached hydrogens (tertiary/aromatic N) is 3. The molecule has 7 heteroatoms. The Balaban J connectivity index is 2.13. The van der Waals surface area contributed by atoms with Crippen LogP contribution in [0.3, 0.4) is 0 Å². The van der Waals surface area contributed by atoms with Crippen molar-refractivity contribution in [2.45, 2.75) is 11.4 Å². The predicted octanol–water partition coefficient (Wildman–Crippen LogP) is 4.00. The molecule has 1 aromatic heterocycles. The number of aromatic nitrogens is 1. The van der Waals surface area contributed by atoms with Gasteiger partial charge in [0, 0.05) is 17.4 Å². The Bertz CT molecular complexity index is 1050. The number of halogens is 1. The number of benzene rings is 2. The summed E-state index contributed by atoms with van der Waals surface area (Å²) >= 11 is 5.93. The van der Waals surface area contributed by atoms with Gasteiger partial charge in [0.1, 0.15) is 11.0 Å². The summed E-state index contributed by atoms with van der Waals surface area (Å²) in [5, 5.41) is 9.80. The molecule has 0 aliphatic carbocycles. The fourth-order valence-corrected chi connectivity index (χ4v) is 4.21. The molecule has 0 spiro atoms. The highest BCUT2D eigenvalue weighted by Gasteiger charge is 2.27. The number of nitriles is 1. The van der Waals surface area contributed by atoms with Crippen LogP contribution in [0.25, 0.3) is 0 Å². The second-order valence-electron chi connectivity index (χ2n) is 5.46. The van der Waals surface area contributed by atoms with Gasteiger partial charge in [0.2, 0.25) is 0 Å². The predicted molar refractivity (Wildman–Crippen MR) is 100 cm³/mol. The van der Waals surface area contributed by atoms with E-state index in [9.17, 15) is 13.7 Å². The first kappa shape index (κ1) is 17.9. The Morgan fingerprint density at radius 3 is 2.42 bits per heavy atom. The fraction of sp³-hybridized carbons (Fsp3) is 0.0526. The molecule has 0 unspecified atom stereocenters. The summed E-state index contributed by atoms with van der Waals surface area (Å²) in [5.74, 6) is 0. The molecular weight excluding hydrogens is 370 g/mol. The molecule has 3 rings (SSSR count). The first-order valence-electron chi connectivity index (χ1n) is 7.69. The molecule has 2 aromatic carbocycles. The third kappa shape index (κ3) is 3.69. The first-order chi connectivity index (χ1) is 12.5. The molecule has 0 amide bonds. The lowest BCUT2D eigenvalue weighted by Gasteiger charge is -2.25. The highest BCUT2D eigenvalue weighted by molar-refractivity contribution is 7.92. The molecule has 0 fully saturated rings. The molecule has 26 heavy (non-hydrogen) atoms. The zero-order valence-electron chi connectivity index (χ0n) is 13.6. The van der Waals surface area contributed by atoms with Crippen molar-refractivity contribution in [3.05, 3.63) is 89.2 Å². The van der Waals surface area contributed by atoms with E-state index in [4.69, 9.17) is 11.6 Å². The Morgan fingerprint density at radius 1 is 1.04 bits per heavy atom. The maximum absolute atomic E-state index is 13.3. The van der Waals surface area contributed by atoms with E-state index < -0.39 is 10.0 Å². The van der Waals surface area contributed by atoms with Gasteiger partial charge in [0.15, 0.2) is 0 Å².